The number of nitrogens with zero attached hydrogens (tertiary/aromatic N) is 1. The SMILES string of the molecule is CCC(C(=C(SC)SC)c1ccccc1)N1CCOCC1. The summed E-state index contributed by atoms with van der Waals surface area (Å²) in [6, 6.07) is 11.3. The minimum absolute atomic E-state index is 0.478. The van der Waals surface area contributed by atoms with E-state index in [0.29, 0.717) is 6.04 Å². The van der Waals surface area contributed by atoms with Crippen LogP contribution in [-0.2, 0) is 4.74 Å². The lowest BCUT2D eigenvalue weighted by Crippen LogP contribution is -2.44. The average Bonchev–Trinajstić information content (AvgIpc) is 2.57. The van der Waals surface area contributed by atoms with Crippen molar-refractivity contribution in [3.8, 4) is 0 Å². The van der Waals surface area contributed by atoms with Crippen LogP contribution in [0, 0.1) is 0 Å². The van der Waals surface area contributed by atoms with Crippen molar-refractivity contribution >= 4 is 29.1 Å². The highest BCUT2D eigenvalue weighted by molar-refractivity contribution is 8.21. The van der Waals surface area contributed by atoms with Crippen LogP contribution in [0.1, 0.15) is 18.9 Å². The van der Waals surface area contributed by atoms with Gasteiger partial charge in [0.2, 0.25) is 0 Å². The van der Waals surface area contributed by atoms with Gasteiger partial charge in [0.05, 0.1) is 13.2 Å². The molecule has 1 aromatic rings. The molecule has 0 amide bonds. The van der Waals surface area contributed by atoms with E-state index in [0.717, 1.165) is 32.7 Å². The third kappa shape index (κ3) is 4.28. The third-order valence-corrected chi connectivity index (χ3v) is 6.06. The lowest BCUT2D eigenvalue weighted by molar-refractivity contribution is 0.0268. The summed E-state index contributed by atoms with van der Waals surface area (Å²) in [5, 5.41) is 0. The Hall–Kier alpha value is -0.420. The quantitative estimate of drug-likeness (QED) is 0.778. The van der Waals surface area contributed by atoms with E-state index in [1.165, 1.54) is 15.4 Å². The highest BCUT2D eigenvalue weighted by atomic mass is 32.2. The first-order valence-corrected chi connectivity index (χ1v) is 9.96. The van der Waals surface area contributed by atoms with Crippen molar-refractivity contribution in [3.05, 3.63) is 40.1 Å². The molecule has 0 bridgehead atoms. The van der Waals surface area contributed by atoms with Gasteiger partial charge >= 0.3 is 0 Å². The topological polar surface area (TPSA) is 12.5 Å². The van der Waals surface area contributed by atoms with Gasteiger partial charge in [-0.3, -0.25) is 4.90 Å². The molecular formula is C17H25NOS2. The highest BCUT2D eigenvalue weighted by Crippen LogP contribution is 2.37. The average molecular weight is 324 g/mol. The van der Waals surface area contributed by atoms with Gasteiger partial charge in [0.25, 0.3) is 0 Å². The van der Waals surface area contributed by atoms with Crippen molar-refractivity contribution in [1.82, 2.24) is 4.90 Å². The van der Waals surface area contributed by atoms with Crippen LogP contribution >= 0.6 is 23.5 Å². The Morgan fingerprint density at radius 2 is 1.76 bits per heavy atom. The summed E-state index contributed by atoms with van der Waals surface area (Å²) < 4.78 is 6.95. The van der Waals surface area contributed by atoms with Crippen LogP contribution in [-0.4, -0.2) is 49.8 Å². The lowest BCUT2D eigenvalue weighted by atomic mass is 9.96. The maximum Gasteiger partial charge on any atom is 0.0594 e. The fourth-order valence-corrected chi connectivity index (χ4v) is 4.52. The van der Waals surface area contributed by atoms with Gasteiger partial charge in [0, 0.05) is 23.4 Å². The number of benzene rings is 1. The number of rotatable bonds is 6. The van der Waals surface area contributed by atoms with Crippen molar-refractivity contribution in [2.45, 2.75) is 19.4 Å². The Balaban J connectivity index is 2.40. The molecule has 1 aromatic carbocycles. The number of hydrogen-bond donors (Lipinski definition) is 0. The van der Waals surface area contributed by atoms with Crippen LogP contribution in [0.3, 0.4) is 0 Å². The van der Waals surface area contributed by atoms with Crippen LogP contribution in [0.5, 0.6) is 0 Å². The monoisotopic (exact) mass is 323 g/mol. The van der Waals surface area contributed by atoms with Crippen molar-refractivity contribution in [2.24, 2.45) is 0 Å². The van der Waals surface area contributed by atoms with Gasteiger partial charge in [-0.2, -0.15) is 0 Å². The molecule has 2 rings (SSSR count). The zero-order valence-corrected chi connectivity index (χ0v) is 14.8. The Bertz CT molecular complexity index is 449. The number of hydrogen-bond acceptors (Lipinski definition) is 4. The molecule has 0 radical (unpaired) electrons. The van der Waals surface area contributed by atoms with Crippen LogP contribution in [0.15, 0.2) is 34.6 Å². The van der Waals surface area contributed by atoms with Crippen LogP contribution in [0.2, 0.25) is 0 Å². The molecule has 116 valence electrons. The van der Waals surface area contributed by atoms with Crippen LogP contribution < -0.4 is 0 Å². The first kappa shape index (κ1) is 16.9. The maximum atomic E-state index is 5.52. The van der Waals surface area contributed by atoms with E-state index in [1.54, 1.807) is 0 Å². The van der Waals surface area contributed by atoms with Gasteiger partial charge in [0.1, 0.15) is 0 Å². The first-order chi connectivity index (χ1) is 10.3. The zero-order valence-electron chi connectivity index (χ0n) is 13.2. The second-order valence-corrected chi connectivity index (χ2v) is 6.94. The van der Waals surface area contributed by atoms with E-state index in [2.05, 4.69) is 54.7 Å². The lowest BCUT2D eigenvalue weighted by Gasteiger charge is -2.36. The van der Waals surface area contributed by atoms with Crippen molar-refractivity contribution in [3.63, 3.8) is 0 Å². The highest BCUT2D eigenvalue weighted by Gasteiger charge is 2.26. The van der Waals surface area contributed by atoms with Gasteiger partial charge in [-0.05, 0) is 30.1 Å². The van der Waals surface area contributed by atoms with E-state index in [1.807, 2.05) is 23.5 Å². The molecule has 1 heterocycles. The molecule has 1 fully saturated rings. The molecule has 0 aromatic heterocycles. The Labute approximate surface area is 137 Å². The minimum Gasteiger partial charge on any atom is -0.379 e. The molecule has 1 saturated heterocycles. The molecule has 1 atom stereocenters. The Kier molecular flexibility index (Phi) is 7.17. The summed E-state index contributed by atoms with van der Waals surface area (Å²) in [6.45, 7) is 6.07. The number of ether oxygens (including phenoxy) is 1. The smallest absolute Gasteiger partial charge is 0.0594 e. The first-order valence-electron chi connectivity index (χ1n) is 7.51. The summed E-state index contributed by atoms with van der Waals surface area (Å²) in [5.74, 6) is 0. The van der Waals surface area contributed by atoms with E-state index in [9.17, 15) is 0 Å². The van der Waals surface area contributed by atoms with Crippen molar-refractivity contribution < 1.29 is 4.74 Å². The molecule has 0 saturated carbocycles. The van der Waals surface area contributed by atoms with E-state index >= 15 is 0 Å². The van der Waals surface area contributed by atoms with E-state index < -0.39 is 0 Å². The summed E-state index contributed by atoms with van der Waals surface area (Å²) in [4.78, 5) is 2.58. The van der Waals surface area contributed by atoms with Crippen molar-refractivity contribution in [2.75, 3.05) is 38.8 Å². The summed E-state index contributed by atoms with van der Waals surface area (Å²) in [7, 11) is 0. The van der Waals surface area contributed by atoms with Crippen LogP contribution in [0.4, 0.5) is 0 Å². The zero-order chi connectivity index (χ0) is 15.1. The molecule has 1 aliphatic heterocycles. The van der Waals surface area contributed by atoms with Gasteiger partial charge in [-0.15, -0.1) is 23.5 Å². The van der Waals surface area contributed by atoms with Gasteiger partial charge in [-0.1, -0.05) is 37.3 Å². The fraction of sp³-hybridized carbons (Fsp3) is 0.529. The molecule has 1 unspecified atom stereocenters. The Morgan fingerprint density at radius 1 is 1.14 bits per heavy atom. The molecule has 21 heavy (non-hydrogen) atoms. The van der Waals surface area contributed by atoms with E-state index in [-0.39, 0.29) is 0 Å². The molecule has 2 nitrogen and oxygen atoms in total. The second-order valence-electron chi connectivity index (χ2n) is 5.05. The third-order valence-electron chi connectivity index (χ3n) is 3.88. The molecule has 1 aliphatic rings. The second kappa shape index (κ2) is 8.89. The van der Waals surface area contributed by atoms with E-state index in [4.69, 9.17) is 4.74 Å². The van der Waals surface area contributed by atoms with Crippen molar-refractivity contribution in [1.29, 1.82) is 0 Å². The molecule has 0 N–H and O–H groups in total. The predicted molar refractivity (Wildman–Crippen MR) is 96.9 cm³/mol. The number of morpholine rings is 1. The Morgan fingerprint density at radius 3 is 2.29 bits per heavy atom. The summed E-state index contributed by atoms with van der Waals surface area (Å²) in [6.07, 6.45) is 5.50. The standard InChI is InChI=1S/C17H25NOS2/c1-4-15(18-10-12-19-13-11-18)16(17(20-2)21-3)14-8-6-5-7-9-14/h5-9,15H,4,10-13H2,1-3H3. The summed E-state index contributed by atoms with van der Waals surface area (Å²) in [5.41, 5.74) is 2.84. The van der Waals surface area contributed by atoms with Crippen LogP contribution in [0.25, 0.3) is 5.57 Å². The minimum atomic E-state index is 0.478. The molecular weight excluding hydrogens is 298 g/mol. The largest absolute Gasteiger partial charge is 0.379 e. The molecule has 0 aliphatic carbocycles. The van der Waals surface area contributed by atoms with Gasteiger partial charge < -0.3 is 4.74 Å². The number of thioether (sulfide) groups is 2. The van der Waals surface area contributed by atoms with Gasteiger partial charge in [0.15, 0.2) is 0 Å². The maximum absolute atomic E-state index is 5.52. The predicted octanol–water partition coefficient (Wildman–Crippen LogP) is 4.19. The molecule has 4 heteroatoms. The van der Waals surface area contributed by atoms with Gasteiger partial charge in [-0.25, -0.2) is 0 Å². The normalized spacial score (nSPS) is 17.5. The summed E-state index contributed by atoms with van der Waals surface area (Å²) >= 11 is 3.73. The fourth-order valence-electron chi connectivity index (χ4n) is 2.90. The molecule has 0 spiro atoms.